The molecule has 21 heavy (non-hydrogen) atoms. The first kappa shape index (κ1) is 15.4. The lowest BCUT2D eigenvalue weighted by Gasteiger charge is -2.28. The highest BCUT2D eigenvalue weighted by molar-refractivity contribution is 6.31. The van der Waals surface area contributed by atoms with E-state index in [0.29, 0.717) is 6.07 Å². The number of carbonyl (C=O) groups is 1. The molecule has 1 amide bonds. The third-order valence-electron chi connectivity index (χ3n) is 2.95. The number of halogens is 4. The number of nitro groups is 1. The minimum absolute atomic E-state index is 0.104. The van der Waals surface area contributed by atoms with E-state index in [1.807, 2.05) is 0 Å². The lowest BCUT2D eigenvalue weighted by atomic mass is 10.1. The molecule has 1 aliphatic rings. The molecule has 1 aliphatic heterocycles. The SMILES string of the molecule is O=C1CN(c2cc(Cl)c(C(F)(F)F)cc2[N+](=O)[O-])CCN1. The Labute approximate surface area is 121 Å². The average molecular weight is 324 g/mol. The summed E-state index contributed by atoms with van der Waals surface area (Å²) in [6, 6.07) is 1.27. The van der Waals surface area contributed by atoms with E-state index >= 15 is 0 Å². The number of alkyl halides is 3. The maximum atomic E-state index is 12.7. The van der Waals surface area contributed by atoms with Gasteiger partial charge in [-0.3, -0.25) is 14.9 Å². The molecule has 114 valence electrons. The van der Waals surface area contributed by atoms with Gasteiger partial charge in [0.05, 0.1) is 22.1 Å². The maximum Gasteiger partial charge on any atom is 0.418 e. The van der Waals surface area contributed by atoms with Crippen molar-refractivity contribution in [3.8, 4) is 0 Å². The first-order chi connectivity index (χ1) is 9.70. The van der Waals surface area contributed by atoms with Crippen LogP contribution in [0.1, 0.15) is 5.56 Å². The van der Waals surface area contributed by atoms with Crippen molar-refractivity contribution >= 4 is 28.9 Å². The largest absolute Gasteiger partial charge is 0.418 e. The van der Waals surface area contributed by atoms with E-state index in [1.54, 1.807) is 0 Å². The molecule has 1 aromatic rings. The number of anilines is 1. The molecule has 1 N–H and O–H groups in total. The summed E-state index contributed by atoms with van der Waals surface area (Å²) < 4.78 is 38.2. The third-order valence-corrected chi connectivity index (χ3v) is 3.26. The van der Waals surface area contributed by atoms with Gasteiger partial charge in [0.15, 0.2) is 0 Å². The standard InChI is InChI=1S/C11H9ClF3N3O3/c12-7-4-8(17-2-1-16-10(19)5-17)9(18(20)21)3-6(7)11(13,14)15/h3-4H,1-2,5H2,(H,16,19). The van der Waals surface area contributed by atoms with E-state index in [2.05, 4.69) is 5.32 Å². The van der Waals surface area contributed by atoms with Crippen LogP contribution in [-0.2, 0) is 11.0 Å². The van der Waals surface area contributed by atoms with Gasteiger partial charge >= 0.3 is 6.18 Å². The van der Waals surface area contributed by atoms with Crippen LogP contribution in [0.4, 0.5) is 24.5 Å². The fraction of sp³-hybridized carbons (Fsp3) is 0.364. The summed E-state index contributed by atoms with van der Waals surface area (Å²) in [5.41, 5.74) is -2.12. The maximum absolute atomic E-state index is 12.7. The van der Waals surface area contributed by atoms with E-state index in [1.165, 1.54) is 4.90 Å². The van der Waals surface area contributed by atoms with Crippen molar-refractivity contribution in [2.45, 2.75) is 6.18 Å². The number of nitro benzene ring substituents is 1. The predicted molar refractivity (Wildman–Crippen MR) is 68.3 cm³/mol. The van der Waals surface area contributed by atoms with E-state index in [-0.39, 0.29) is 31.2 Å². The smallest absolute Gasteiger partial charge is 0.355 e. The number of hydrogen-bond acceptors (Lipinski definition) is 4. The van der Waals surface area contributed by atoms with Crippen molar-refractivity contribution in [1.82, 2.24) is 5.32 Å². The van der Waals surface area contributed by atoms with Crippen LogP contribution in [0.25, 0.3) is 0 Å². The monoisotopic (exact) mass is 323 g/mol. The topological polar surface area (TPSA) is 75.5 Å². The normalized spacial score (nSPS) is 15.8. The van der Waals surface area contributed by atoms with Crippen LogP contribution in [0.2, 0.25) is 5.02 Å². The van der Waals surface area contributed by atoms with Crippen molar-refractivity contribution in [2.75, 3.05) is 24.5 Å². The van der Waals surface area contributed by atoms with Crippen LogP contribution >= 0.6 is 11.6 Å². The summed E-state index contributed by atoms with van der Waals surface area (Å²) in [5, 5.41) is 12.9. The third kappa shape index (κ3) is 3.18. The second-order valence-corrected chi connectivity index (χ2v) is 4.75. The highest BCUT2D eigenvalue weighted by Gasteiger charge is 2.37. The van der Waals surface area contributed by atoms with Crippen molar-refractivity contribution < 1.29 is 22.9 Å². The summed E-state index contributed by atoms with van der Waals surface area (Å²) in [4.78, 5) is 22.7. The highest BCUT2D eigenvalue weighted by Crippen LogP contribution is 2.41. The van der Waals surface area contributed by atoms with Crippen LogP contribution in [0.15, 0.2) is 12.1 Å². The average Bonchev–Trinajstić information content (AvgIpc) is 2.36. The van der Waals surface area contributed by atoms with Crippen LogP contribution in [-0.4, -0.2) is 30.5 Å². The summed E-state index contributed by atoms with van der Waals surface area (Å²) in [6.45, 7) is 0.311. The van der Waals surface area contributed by atoms with E-state index in [0.717, 1.165) is 6.07 Å². The fourth-order valence-electron chi connectivity index (χ4n) is 2.01. The molecular weight excluding hydrogens is 315 g/mol. The molecule has 0 aromatic heterocycles. The number of hydrogen-bond donors (Lipinski definition) is 1. The van der Waals surface area contributed by atoms with Crippen molar-refractivity contribution in [2.24, 2.45) is 0 Å². The van der Waals surface area contributed by atoms with Crippen molar-refractivity contribution in [3.05, 3.63) is 32.8 Å². The van der Waals surface area contributed by atoms with Crippen LogP contribution in [0, 0.1) is 10.1 Å². The van der Waals surface area contributed by atoms with Gasteiger partial charge in [0.2, 0.25) is 5.91 Å². The Morgan fingerprint density at radius 3 is 2.57 bits per heavy atom. The van der Waals surface area contributed by atoms with Gasteiger partial charge in [0.1, 0.15) is 5.69 Å². The molecule has 1 heterocycles. The van der Waals surface area contributed by atoms with Gasteiger partial charge in [-0.1, -0.05) is 11.6 Å². The van der Waals surface area contributed by atoms with Crippen LogP contribution in [0.5, 0.6) is 0 Å². The van der Waals surface area contributed by atoms with E-state index in [4.69, 9.17) is 11.6 Å². The number of amides is 1. The van der Waals surface area contributed by atoms with Gasteiger partial charge in [-0.2, -0.15) is 13.2 Å². The minimum atomic E-state index is -4.79. The molecule has 10 heteroatoms. The van der Waals surface area contributed by atoms with Gasteiger partial charge in [0, 0.05) is 19.2 Å². The Bertz CT molecular complexity index is 606. The van der Waals surface area contributed by atoms with Gasteiger partial charge in [-0.05, 0) is 6.07 Å². The predicted octanol–water partition coefficient (Wildman–Crippen LogP) is 2.20. The van der Waals surface area contributed by atoms with Crippen LogP contribution in [0.3, 0.4) is 0 Å². The van der Waals surface area contributed by atoms with Gasteiger partial charge in [-0.25, -0.2) is 0 Å². The minimum Gasteiger partial charge on any atom is -0.355 e. The molecule has 0 spiro atoms. The number of carbonyl (C=O) groups excluding carboxylic acids is 1. The lowest BCUT2D eigenvalue weighted by Crippen LogP contribution is -2.47. The van der Waals surface area contributed by atoms with Crippen LogP contribution < -0.4 is 10.2 Å². The number of nitrogens with zero attached hydrogens (tertiary/aromatic N) is 2. The number of rotatable bonds is 2. The molecule has 0 unspecified atom stereocenters. The molecule has 0 bridgehead atoms. The Hall–Kier alpha value is -2.03. The van der Waals surface area contributed by atoms with E-state index < -0.39 is 27.4 Å². The number of nitrogens with one attached hydrogen (secondary N) is 1. The van der Waals surface area contributed by atoms with Gasteiger partial charge < -0.3 is 10.2 Å². The van der Waals surface area contributed by atoms with Crippen molar-refractivity contribution in [1.29, 1.82) is 0 Å². The fourth-order valence-corrected chi connectivity index (χ4v) is 2.28. The van der Waals surface area contributed by atoms with Gasteiger partial charge in [-0.15, -0.1) is 0 Å². The Kier molecular flexibility index (Phi) is 3.95. The first-order valence-corrected chi connectivity index (χ1v) is 6.14. The number of benzene rings is 1. The highest BCUT2D eigenvalue weighted by atomic mass is 35.5. The second-order valence-electron chi connectivity index (χ2n) is 4.35. The zero-order valence-corrected chi connectivity index (χ0v) is 11.2. The molecule has 1 fully saturated rings. The molecular formula is C11H9ClF3N3O3. The zero-order chi connectivity index (χ0) is 15.8. The Balaban J connectivity index is 2.53. The second kappa shape index (κ2) is 5.40. The molecule has 2 rings (SSSR count). The molecule has 1 aromatic carbocycles. The first-order valence-electron chi connectivity index (χ1n) is 5.77. The van der Waals surface area contributed by atoms with Gasteiger partial charge in [0.25, 0.3) is 5.69 Å². The molecule has 0 saturated carbocycles. The molecule has 1 saturated heterocycles. The summed E-state index contributed by atoms with van der Waals surface area (Å²) in [7, 11) is 0. The Morgan fingerprint density at radius 2 is 2.05 bits per heavy atom. The molecule has 6 nitrogen and oxygen atoms in total. The summed E-state index contributed by atoms with van der Waals surface area (Å²) >= 11 is 5.58. The summed E-state index contributed by atoms with van der Waals surface area (Å²) in [6.07, 6.45) is -4.79. The molecule has 0 atom stereocenters. The zero-order valence-electron chi connectivity index (χ0n) is 10.4. The summed E-state index contributed by atoms with van der Waals surface area (Å²) in [5.74, 6) is -0.369. The number of piperazine rings is 1. The van der Waals surface area contributed by atoms with Crippen molar-refractivity contribution in [3.63, 3.8) is 0 Å². The molecule has 0 radical (unpaired) electrons. The molecule has 0 aliphatic carbocycles. The lowest BCUT2D eigenvalue weighted by molar-refractivity contribution is -0.384. The quantitative estimate of drug-likeness (QED) is 0.669. The Morgan fingerprint density at radius 1 is 1.38 bits per heavy atom. The van der Waals surface area contributed by atoms with E-state index in [9.17, 15) is 28.1 Å².